The van der Waals surface area contributed by atoms with Gasteiger partial charge in [-0.1, -0.05) is 90.6 Å². The van der Waals surface area contributed by atoms with Gasteiger partial charge in [-0.05, 0) is 61.1 Å². The second-order valence-corrected chi connectivity index (χ2v) is 12.4. The van der Waals surface area contributed by atoms with Gasteiger partial charge < -0.3 is 9.47 Å². The van der Waals surface area contributed by atoms with Crippen LogP contribution in [0.5, 0.6) is 0 Å². The summed E-state index contributed by atoms with van der Waals surface area (Å²) in [5.41, 5.74) is 2.49. The topological polar surface area (TPSA) is 115 Å². The highest BCUT2D eigenvalue weighted by molar-refractivity contribution is 8.13. The first-order valence-corrected chi connectivity index (χ1v) is 16.9. The van der Waals surface area contributed by atoms with Crippen molar-refractivity contribution in [3.8, 4) is 0 Å². The lowest BCUT2D eigenvalue weighted by molar-refractivity contribution is -0.385. The maximum absolute atomic E-state index is 14.0. The van der Waals surface area contributed by atoms with E-state index < -0.39 is 29.1 Å². The lowest BCUT2D eigenvalue weighted by Crippen LogP contribution is -2.44. The predicted octanol–water partition coefficient (Wildman–Crippen LogP) is 7.89. The molecule has 1 amide bonds. The zero-order valence-corrected chi connectivity index (χ0v) is 28.2. The number of benzene rings is 4. The number of nitro benzene ring substituents is 1. The molecule has 11 heteroatoms. The number of amides is 1. The maximum atomic E-state index is 14.0. The first kappa shape index (κ1) is 34.3. The molecule has 0 N–H and O–H groups in total. The van der Waals surface area contributed by atoms with Crippen molar-refractivity contribution >= 4 is 45.5 Å². The number of ether oxygens (including phenoxy) is 2. The lowest BCUT2D eigenvalue weighted by Gasteiger charge is -2.35. The van der Waals surface area contributed by atoms with Crippen LogP contribution in [-0.4, -0.2) is 57.5 Å². The quantitative estimate of drug-likeness (QED) is 0.0902. The van der Waals surface area contributed by atoms with E-state index in [1.165, 1.54) is 34.9 Å². The maximum Gasteiger partial charge on any atom is 0.416 e. The molecule has 0 saturated heterocycles. The van der Waals surface area contributed by atoms with Crippen molar-refractivity contribution < 1.29 is 24.0 Å². The van der Waals surface area contributed by atoms with E-state index in [1.54, 1.807) is 33.1 Å². The molecule has 0 aromatic heterocycles. The molecule has 48 heavy (non-hydrogen) atoms. The van der Waals surface area contributed by atoms with Gasteiger partial charge in [0.15, 0.2) is 5.17 Å². The van der Waals surface area contributed by atoms with Crippen LogP contribution in [0.25, 0.3) is 10.8 Å². The Morgan fingerprint density at radius 2 is 1.60 bits per heavy atom. The van der Waals surface area contributed by atoms with Crippen LogP contribution in [0, 0.1) is 10.1 Å². The average Bonchev–Trinajstić information content (AvgIpc) is 3.07. The van der Waals surface area contributed by atoms with Crippen molar-refractivity contribution in [1.29, 1.82) is 0 Å². The fraction of sp³-hybridized carbons (Fsp3) is 0.270. The fourth-order valence-electron chi connectivity index (χ4n) is 5.72. The van der Waals surface area contributed by atoms with Crippen LogP contribution in [-0.2, 0) is 27.4 Å². The number of allylic oxidation sites excluding steroid dienone is 1. The van der Waals surface area contributed by atoms with E-state index in [2.05, 4.69) is 52.4 Å². The van der Waals surface area contributed by atoms with Crippen LogP contribution in [0.1, 0.15) is 43.5 Å². The van der Waals surface area contributed by atoms with Crippen molar-refractivity contribution in [2.24, 2.45) is 4.99 Å². The third-order valence-corrected chi connectivity index (χ3v) is 8.52. The van der Waals surface area contributed by atoms with Gasteiger partial charge in [0.1, 0.15) is 12.6 Å². The van der Waals surface area contributed by atoms with E-state index in [4.69, 9.17) is 9.47 Å². The first-order valence-electron chi connectivity index (χ1n) is 15.6. The minimum Gasteiger partial charge on any atom is -0.459 e. The monoisotopic (exact) mass is 666 g/mol. The molecule has 4 aromatic carbocycles. The number of carbonyl (C=O) groups is 2. The molecule has 0 bridgehead atoms. The Bertz CT molecular complexity index is 1860. The standard InChI is InChI=1S/C37H38N4O6S/c1-25(2)47-35(42)33-26(3)38-36(48-4)40(34(33)31-16-10-11-17-32(31)41(44)45)37(43)46-21-20-39(23-27-12-6-5-7-13-27)24-28-18-19-29-14-8-9-15-30(29)22-28/h5-19,22,25,34H,20-21,23-24H2,1-4H3. The summed E-state index contributed by atoms with van der Waals surface area (Å²) in [4.78, 5) is 47.1. The predicted molar refractivity (Wildman–Crippen MR) is 188 cm³/mol. The van der Waals surface area contributed by atoms with Gasteiger partial charge in [-0.25, -0.2) is 19.5 Å². The number of esters is 1. The van der Waals surface area contributed by atoms with E-state index >= 15 is 0 Å². The zero-order valence-electron chi connectivity index (χ0n) is 27.4. The highest BCUT2D eigenvalue weighted by Gasteiger charge is 2.43. The number of hydrogen-bond donors (Lipinski definition) is 0. The molecule has 248 valence electrons. The van der Waals surface area contributed by atoms with Crippen LogP contribution >= 0.6 is 11.8 Å². The number of hydrogen-bond acceptors (Lipinski definition) is 9. The number of fused-ring (bicyclic) bond motifs is 1. The van der Waals surface area contributed by atoms with E-state index in [9.17, 15) is 19.7 Å². The summed E-state index contributed by atoms with van der Waals surface area (Å²) in [6.07, 6.45) is 0.499. The Kier molecular flexibility index (Phi) is 11.3. The Hall–Kier alpha value is -5.00. The summed E-state index contributed by atoms with van der Waals surface area (Å²) in [6.45, 7) is 6.71. The van der Waals surface area contributed by atoms with Crippen LogP contribution in [0.4, 0.5) is 10.5 Å². The van der Waals surface area contributed by atoms with Crippen LogP contribution in [0.2, 0.25) is 0 Å². The molecule has 5 rings (SSSR count). The van der Waals surface area contributed by atoms with E-state index in [0.717, 1.165) is 21.9 Å². The van der Waals surface area contributed by atoms with Gasteiger partial charge in [-0.2, -0.15) is 0 Å². The number of nitro groups is 1. The van der Waals surface area contributed by atoms with Crippen molar-refractivity contribution in [3.63, 3.8) is 0 Å². The van der Waals surface area contributed by atoms with Crippen molar-refractivity contribution in [2.45, 2.75) is 46.0 Å². The molecule has 1 aliphatic rings. The molecular weight excluding hydrogens is 628 g/mol. The number of carbonyl (C=O) groups excluding carboxylic acids is 2. The van der Waals surface area contributed by atoms with Gasteiger partial charge in [-0.3, -0.25) is 15.0 Å². The smallest absolute Gasteiger partial charge is 0.416 e. The number of amidine groups is 1. The molecule has 0 radical (unpaired) electrons. The van der Waals surface area contributed by atoms with E-state index in [-0.39, 0.29) is 28.6 Å². The second-order valence-electron chi connectivity index (χ2n) is 11.6. The Morgan fingerprint density at radius 1 is 0.938 bits per heavy atom. The molecule has 10 nitrogen and oxygen atoms in total. The number of rotatable bonds is 11. The third kappa shape index (κ3) is 8.10. The van der Waals surface area contributed by atoms with Gasteiger partial charge in [0.05, 0.1) is 27.9 Å². The largest absolute Gasteiger partial charge is 0.459 e. The third-order valence-electron chi connectivity index (χ3n) is 7.86. The molecule has 0 saturated carbocycles. The van der Waals surface area contributed by atoms with Gasteiger partial charge in [0.25, 0.3) is 5.69 Å². The van der Waals surface area contributed by atoms with Crippen molar-refractivity contribution in [2.75, 3.05) is 19.4 Å². The Labute approximate surface area is 284 Å². The van der Waals surface area contributed by atoms with Gasteiger partial charge in [0.2, 0.25) is 0 Å². The summed E-state index contributed by atoms with van der Waals surface area (Å²) in [7, 11) is 0. The highest BCUT2D eigenvalue weighted by Crippen LogP contribution is 2.41. The molecule has 0 aliphatic carbocycles. The Balaban J connectivity index is 1.42. The van der Waals surface area contributed by atoms with E-state index in [1.807, 2.05) is 30.3 Å². The Morgan fingerprint density at radius 3 is 2.31 bits per heavy atom. The highest BCUT2D eigenvalue weighted by atomic mass is 32.2. The molecule has 0 spiro atoms. The van der Waals surface area contributed by atoms with Crippen molar-refractivity contribution in [1.82, 2.24) is 9.80 Å². The lowest BCUT2D eigenvalue weighted by atomic mass is 9.93. The normalized spacial score (nSPS) is 14.8. The van der Waals surface area contributed by atoms with Crippen molar-refractivity contribution in [3.05, 3.63) is 135 Å². The first-order chi connectivity index (χ1) is 23.2. The average molecular weight is 667 g/mol. The summed E-state index contributed by atoms with van der Waals surface area (Å²) < 4.78 is 11.4. The summed E-state index contributed by atoms with van der Waals surface area (Å²) in [5, 5.41) is 14.7. The summed E-state index contributed by atoms with van der Waals surface area (Å²) in [6, 6.07) is 29.5. The summed E-state index contributed by atoms with van der Waals surface area (Å²) in [5.74, 6) is -0.711. The van der Waals surface area contributed by atoms with Gasteiger partial charge in [0, 0.05) is 25.7 Å². The molecule has 1 atom stereocenters. The van der Waals surface area contributed by atoms with Crippen LogP contribution in [0.15, 0.2) is 113 Å². The molecule has 1 heterocycles. The van der Waals surface area contributed by atoms with E-state index in [0.29, 0.717) is 25.3 Å². The molecular formula is C37H38N4O6S. The van der Waals surface area contributed by atoms with Crippen LogP contribution in [0.3, 0.4) is 0 Å². The zero-order chi connectivity index (χ0) is 34.2. The second kappa shape index (κ2) is 15.7. The van der Waals surface area contributed by atoms with Gasteiger partial charge >= 0.3 is 12.1 Å². The number of nitrogens with zero attached hydrogens (tertiary/aromatic N) is 4. The van der Waals surface area contributed by atoms with Crippen LogP contribution < -0.4 is 0 Å². The fourth-order valence-corrected chi connectivity index (χ4v) is 6.33. The molecule has 0 fully saturated rings. The minimum absolute atomic E-state index is 0.0233. The SMILES string of the molecule is CSC1=NC(C)=C(C(=O)OC(C)C)C(c2ccccc2[N+](=O)[O-])N1C(=O)OCCN(Cc1ccccc1)Cc1ccc2ccccc2c1. The minimum atomic E-state index is -1.19. The molecule has 4 aromatic rings. The number of aliphatic imine (C=N–C) groups is 1. The number of thioether (sulfide) groups is 1. The number of para-hydroxylation sites is 1. The summed E-state index contributed by atoms with van der Waals surface area (Å²) >= 11 is 1.18. The van der Waals surface area contributed by atoms with Gasteiger partial charge in [-0.15, -0.1) is 0 Å². The molecule has 1 aliphatic heterocycles. The molecule has 1 unspecified atom stereocenters.